The summed E-state index contributed by atoms with van der Waals surface area (Å²) in [6, 6.07) is 9.60. The summed E-state index contributed by atoms with van der Waals surface area (Å²) < 4.78 is 12.3. The van der Waals surface area contributed by atoms with Crippen molar-refractivity contribution in [2.75, 3.05) is 0 Å². The van der Waals surface area contributed by atoms with Gasteiger partial charge in [-0.15, -0.1) is 0 Å². The molecule has 0 aromatic heterocycles. The topological polar surface area (TPSA) is 40.9 Å². The summed E-state index contributed by atoms with van der Waals surface area (Å²) >= 11 is 0. The lowest BCUT2D eigenvalue weighted by molar-refractivity contribution is 0.389. The van der Waals surface area contributed by atoms with Crippen LogP contribution in [-0.4, -0.2) is 9.46 Å². The van der Waals surface area contributed by atoms with Gasteiger partial charge in [0.05, 0.1) is 11.6 Å². The fourth-order valence-corrected chi connectivity index (χ4v) is 4.35. The van der Waals surface area contributed by atoms with Crippen LogP contribution in [0.3, 0.4) is 0 Å². The number of hydrogen-bond acceptors (Lipinski definition) is 2. The van der Waals surface area contributed by atoms with E-state index < -0.39 is 10.8 Å². The molecule has 0 aliphatic heterocycles. The first-order chi connectivity index (χ1) is 8.69. The standard InChI is InChI=1S/C15H19NOS/c1-12-4-2-7-15(8-12)18(17)11-14-6-3-5-13(9-14)10-16/h3,5-6,9,12,15H,2,4,7-8,11H2,1H3. The van der Waals surface area contributed by atoms with E-state index in [1.54, 1.807) is 6.07 Å². The predicted molar refractivity (Wildman–Crippen MR) is 74.4 cm³/mol. The third-order valence-electron chi connectivity index (χ3n) is 3.63. The van der Waals surface area contributed by atoms with E-state index >= 15 is 0 Å². The summed E-state index contributed by atoms with van der Waals surface area (Å²) in [4.78, 5) is 0. The van der Waals surface area contributed by atoms with E-state index in [2.05, 4.69) is 13.0 Å². The molecule has 18 heavy (non-hydrogen) atoms. The van der Waals surface area contributed by atoms with E-state index in [-0.39, 0.29) is 0 Å². The average Bonchev–Trinajstić information content (AvgIpc) is 2.39. The summed E-state index contributed by atoms with van der Waals surface area (Å²) in [7, 11) is -0.798. The lowest BCUT2D eigenvalue weighted by Crippen LogP contribution is -2.23. The van der Waals surface area contributed by atoms with E-state index in [0.29, 0.717) is 22.5 Å². The smallest absolute Gasteiger partial charge is 0.0991 e. The Kier molecular flexibility index (Phi) is 4.54. The van der Waals surface area contributed by atoms with Gasteiger partial charge in [-0.2, -0.15) is 5.26 Å². The number of nitriles is 1. The van der Waals surface area contributed by atoms with Crippen LogP contribution >= 0.6 is 0 Å². The molecular weight excluding hydrogens is 242 g/mol. The Morgan fingerprint density at radius 3 is 3.00 bits per heavy atom. The molecule has 1 aromatic carbocycles. The number of rotatable bonds is 3. The van der Waals surface area contributed by atoms with Crippen LogP contribution < -0.4 is 0 Å². The molecule has 2 nitrogen and oxygen atoms in total. The van der Waals surface area contributed by atoms with Crippen LogP contribution in [0.2, 0.25) is 0 Å². The number of benzene rings is 1. The molecule has 0 bridgehead atoms. The molecule has 3 unspecified atom stereocenters. The Bertz CT molecular complexity index is 478. The van der Waals surface area contributed by atoms with E-state index in [1.165, 1.54) is 12.8 Å². The number of hydrogen-bond donors (Lipinski definition) is 0. The Morgan fingerprint density at radius 2 is 2.28 bits per heavy atom. The minimum Gasteiger partial charge on any atom is -0.259 e. The van der Waals surface area contributed by atoms with Gasteiger partial charge in [-0.1, -0.05) is 31.9 Å². The molecule has 1 aromatic rings. The van der Waals surface area contributed by atoms with Gasteiger partial charge >= 0.3 is 0 Å². The molecule has 3 heteroatoms. The molecule has 0 saturated heterocycles. The average molecular weight is 261 g/mol. The Morgan fingerprint density at radius 1 is 1.44 bits per heavy atom. The van der Waals surface area contributed by atoms with Crippen molar-refractivity contribution in [1.82, 2.24) is 0 Å². The first-order valence-electron chi connectivity index (χ1n) is 6.55. The molecule has 0 heterocycles. The van der Waals surface area contributed by atoms with Gasteiger partial charge in [0.25, 0.3) is 0 Å². The van der Waals surface area contributed by atoms with E-state index in [0.717, 1.165) is 18.4 Å². The zero-order valence-electron chi connectivity index (χ0n) is 10.8. The highest BCUT2D eigenvalue weighted by molar-refractivity contribution is 7.84. The zero-order chi connectivity index (χ0) is 13.0. The SMILES string of the molecule is CC1CCCC(S(=O)Cc2cccc(C#N)c2)C1. The molecule has 1 aliphatic rings. The molecule has 1 aliphatic carbocycles. The van der Waals surface area contributed by atoms with Crippen LogP contribution in [0.25, 0.3) is 0 Å². The van der Waals surface area contributed by atoms with E-state index in [9.17, 15) is 4.21 Å². The monoisotopic (exact) mass is 261 g/mol. The first kappa shape index (κ1) is 13.3. The Hall–Kier alpha value is -1.14. The number of nitrogens with zero attached hydrogens (tertiary/aromatic N) is 1. The molecular formula is C15H19NOS. The van der Waals surface area contributed by atoms with Crippen molar-refractivity contribution in [3.05, 3.63) is 35.4 Å². The van der Waals surface area contributed by atoms with Crippen LogP contribution in [0.1, 0.15) is 43.7 Å². The second-order valence-electron chi connectivity index (χ2n) is 5.23. The maximum Gasteiger partial charge on any atom is 0.0991 e. The summed E-state index contributed by atoms with van der Waals surface area (Å²) in [5.41, 5.74) is 1.67. The summed E-state index contributed by atoms with van der Waals surface area (Å²) in [5, 5.41) is 9.20. The first-order valence-corrected chi connectivity index (χ1v) is 7.93. The molecule has 0 spiro atoms. The van der Waals surface area contributed by atoms with Crippen molar-refractivity contribution in [3.63, 3.8) is 0 Å². The second-order valence-corrected chi connectivity index (χ2v) is 6.95. The van der Waals surface area contributed by atoms with Gasteiger partial charge in [0.1, 0.15) is 0 Å². The lowest BCUT2D eigenvalue weighted by atomic mass is 9.91. The van der Waals surface area contributed by atoms with Gasteiger partial charge in [-0.3, -0.25) is 4.21 Å². The van der Waals surface area contributed by atoms with Crippen molar-refractivity contribution >= 4 is 10.8 Å². The van der Waals surface area contributed by atoms with Crippen LogP contribution in [0.4, 0.5) is 0 Å². The third kappa shape index (κ3) is 3.43. The molecule has 1 saturated carbocycles. The molecule has 0 amide bonds. The maximum atomic E-state index is 12.3. The highest BCUT2D eigenvalue weighted by Crippen LogP contribution is 2.28. The van der Waals surface area contributed by atoms with E-state index in [1.807, 2.05) is 18.2 Å². The van der Waals surface area contributed by atoms with Crippen molar-refractivity contribution in [2.45, 2.75) is 43.6 Å². The molecule has 0 N–H and O–H groups in total. The summed E-state index contributed by atoms with van der Waals surface area (Å²) in [6.45, 7) is 2.25. The summed E-state index contributed by atoms with van der Waals surface area (Å²) in [5.74, 6) is 1.30. The molecule has 1 fully saturated rings. The fraction of sp³-hybridized carbons (Fsp3) is 0.533. The van der Waals surface area contributed by atoms with Crippen molar-refractivity contribution in [1.29, 1.82) is 5.26 Å². The normalized spacial score (nSPS) is 25.3. The fourth-order valence-electron chi connectivity index (χ4n) is 2.63. The third-order valence-corrected chi connectivity index (χ3v) is 5.41. The zero-order valence-corrected chi connectivity index (χ0v) is 11.6. The van der Waals surface area contributed by atoms with Crippen molar-refractivity contribution in [2.24, 2.45) is 5.92 Å². The van der Waals surface area contributed by atoms with Gasteiger partial charge in [0.15, 0.2) is 0 Å². The van der Waals surface area contributed by atoms with Gasteiger partial charge in [-0.25, -0.2) is 0 Å². The van der Waals surface area contributed by atoms with Crippen LogP contribution in [0.5, 0.6) is 0 Å². The van der Waals surface area contributed by atoms with Gasteiger partial charge < -0.3 is 0 Å². The van der Waals surface area contributed by atoms with Crippen LogP contribution in [0.15, 0.2) is 24.3 Å². The highest BCUT2D eigenvalue weighted by atomic mass is 32.2. The minimum absolute atomic E-state index is 0.347. The van der Waals surface area contributed by atoms with Gasteiger partial charge in [0, 0.05) is 21.8 Å². The molecule has 0 radical (unpaired) electrons. The minimum atomic E-state index is -0.798. The van der Waals surface area contributed by atoms with Crippen molar-refractivity contribution in [3.8, 4) is 6.07 Å². The predicted octanol–water partition coefficient (Wildman–Crippen LogP) is 3.39. The largest absolute Gasteiger partial charge is 0.259 e. The molecule has 96 valence electrons. The highest BCUT2D eigenvalue weighted by Gasteiger charge is 2.23. The molecule has 2 rings (SSSR count). The Balaban J connectivity index is 2.00. The van der Waals surface area contributed by atoms with Crippen LogP contribution in [0, 0.1) is 17.2 Å². The van der Waals surface area contributed by atoms with Gasteiger partial charge in [0.2, 0.25) is 0 Å². The van der Waals surface area contributed by atoms with Crippen LogP contribution in [-0.2, 0) is 16.6 Å². The maximum absolute atomic E-state index is 12.3. The van der Waals surface area contributed by atoms with E-state index in [4.69, 9.17) is 5.26 Å². The summed E-state index contributed by atoms with van der Waals surface area (Å²) in [6.07, 6.45) is 4.66. The van der Waals surface area contributed by atoms with Gasteiger partial charge in [-0.05, 0) is 36.5 Å². The lowest BCUT2D eigenvalue weighted by Gasteiger charge is -2.26. The quantitative estimate of drug-likeness (QED) is 0.837. The molecule has 3 atom stereocenters. The second kappa shape index (κ2) is 6.15. The Labute approximate surface area is 111 Å². The van der Waals surface area contributed by atoms with Crippen molar-refractivity contribution < 1.29 is 4.21 Å².